The Morgan fingerprint density at radius 2 is 1.69 bits per heavy atom. The van der Waals surface area contributed by atoms with Crippen LogP contribution >= 0.6 is 0 Å². The number of nitrogens with zero attached hydrogens (tertiary/aromatic N) is 2. The van der Waals surface area contributed by atoms with E-state index in [2.05, 4.69) is 64.2 Å². The van der Waals surface area contributed by atoms with Gasteiger partial charge in [0, 0.05) is 26.3 Å². The Balaban J connectivity index is 1.82. The molecular formula is C24H35N3O4S. The third kappa shape index (κ3) is 5.24. The Hall–Kier alpha value is -2.16. The molecule has 1 N–H and O–H groups in total. The molecule has 0 aliphatic carbocycles. The molecule has 1 unspecified atom stereocenters. The number of hydrogen-bond donors (Lipinski definition) is 1. The van der Waals surface area contributed by atoms with Crippen LogP contribution in [0.1, 0.15) is 62.3 Å². The first kappa shape index (κ1) is 24.5. The molecule has 3 rings (SSSR count). The number of sulfonamides is 1. The second kappa shape index (κ2) is 9.37. The van der Waals surface area contributed by atoms with E-state index in [-0.39, 0.29) is 28.2 Å². The van der Waals surface area contributed by atoms with Crippen molar-refractivity contribution in [3.05, 3.63) is 53.3 Å². The maximum atomic E-state index is 13.1. The van der Waals surface area contributed by atoms with Crippen LogP contribution in [0.5, 0.6) is 0 Å². The molecule has 1 aliphatic rings. The van der Waals surface area contributed by atoms with E-state index in [4.69, 9.17) is 4.74 Å². The van der Waals surface area contributed by atoms with Gasteiger partial charge in [0.05, 0.1) is 19.3 Å². The van der Waals surface area contributed by atoms with Gasteiger partial charge in [-0.2, -0.15) is 4.31 Å². The SMILES string of the molecule is CC(C)C(NC(=O)c1cc(S(=O)(=O)N2CCOCC2)cn1C)c1ccc(C(C)(C)C)cc1. The highest BCUT2D eigenvalue weighted by Crippen LogP contribution is 2.27. The van der Waals surface area contributed by atoms with Gasteiger partial charge in [-0.05, 0) is 28.5 Å². The molecule has 0 bridgehead atoms. The summed E-state index contributed by atoms with van der Waals surface area (Å²) >= 11 is 0. The first-order chi connectivity index (χ1) is 14.9. The van der Waals surface area contributed by atoms with E-state index in [1.165, 1.54) is 22.1 Å². The van der Waals surface area contributed by atoms with E-state index in [0.717, 1.165) is 5.56 Å². The van der Waals surface area contributed by atoms with Gasteiger partial charge in [0.25, 0.3) is 5.91 Å². The Bertz CT molecular complexity index is 1040. The van der Waals surface area contributed by atoms with Crippen molar-refractivity contribution < 1.29 is 17.9 Å². The van der Waals surface area contributed by atoms with Crippen LogP contribution in [0.25, 0.3) is 0 Å². The number of morpholine rings is 1. The molecular weight excluding hydrogens is 426 g/mol. The molecule has 1 saturated heterocycles. The lowest BCUT2D eigenvalue weighted by molar-refractivity contribution is 0.0730. The zero-order valence-corrected chi connectivity index (χ0v) is 20.7. The second-order valence-corrected chi connectivity index (χ2v) is 11.7. The summed E-state index contributed by atoms with van der Waals surface area (Å²) in [5.41, 5.74) is 2.63. The van der Waals surface area contributed by atoms with Crippen LogP contribution < -0.4 is 5.32 Å². The molecule has 1 fully saturated rings. The van der Waals surface area contributed by atoms with Crippen molar-refractivity contribution >= 4 is 15.9 Å². The van der Waals surface area contributed by atoms with Gasteiger partial charge in [-0.15, -0.1) is 0 Å². The van der Waals surface area contributed by atoms with Crippen LogP contribution in [0, 0.1) is 5.92 Å². The zero-order chi connectivity index (χ0) is 23.7. The maximum absolute atomic E-state index is 13.1. The number of carbonyl (C=O) groups is 1. The van der Waals surface area contributed by atoms with E-state index >= 15 is 0 Å². The Morgan fingerprint density at radius 1 is 1.09 bits per heavy atom. The van der Waals surface area contributed by atoms with Crippen LogP contribution in [-0.2, 0) is 27.2 Å². The number of carbonyl (C=O) groups excluding carboxylic acids is 1. The van der Waals surface area contributed by atoms with Crippen molar-refractivity contribution in [2.24, 2.45) is 13.0 Å². The van der Waals surface area contributed by atoms with Crippen molar-refractivity contribution in [3.63, 3.8) is 0 Å². The van der Waals surface area contributed by atoms with Gasteiger partial charge in [-0.3, -0.25) is 4.79 Å². The third-order valence-corrected chi connectivity index (χ3v) is 7.77. The molecule has 2 heterocycles. The molecule has 0 saturated carbocycles. The van der Waals surface area contributed by atoms with E-state index < -0.39 is 10.0 Å². The third-order valence-electron chi connectivity index (χ3n) is 5.91. The van der Waals surface area contributed by atoms with Gasteiger partial charge >= 0.3 is 0 Å². The number of amides is 1. The lowest BCUT2D eigenvalue weighted by Gasteiger charge is -2.25. The highest BCUT2D eigenvalue weighted by atomic mass is 32.2. The Kier molecular flexibility index (Phi) is 7.17. The lowest BCUT2D eigenvalue weighted by atomic mass is 9.85. The van der Waals surface area contributed by atoms with Crippen LogP contribution in [-0.4, -0.2) is 49.5 Å². The minimum Gasteiger partial charge on any atom is -0.379 e. The van der Waals surface area contributed by atoms with Gasteiger partial charge in [-0.25, -0.2) is 8.42 Å². The summed E-state index contributed by atoms with van der Waals surface area (Å²) < 4.78 is 34.2. The Labute approximate surface area is 191 Å². The van der Waals surface area contributed by atoms with Crippen LogP contribution in [0.4, 0.5) is 0 Å². The summed E-state index contributed by atoms with van der Waals surface area (Å²) in [6, 6.07) is 9.60. The number of aromatic nitrogens is 1. The predicted octanol–water partition coefficient (Wildman–Crippen LogP) is 3.47. The smallest absolute Gasteiger partial charge is 0.268 e. The molecule has 0 spiro atoms. The molecule has 1 aromatic carbocycles. The topological polar surface area (TPSA) is 80.6 Å². The molecule has 8 heteroatoms. The summed E-state index contributed by atoms with van der Waals surface area (Å²) in [4.78, 5) is 13.3. The summed E-state index contributed by atoms with van der Waals surface area (Å²) in [5.74, 6) is -0.134. The van der Waals surface area contributed by atoms with Crippen molar-refractivity contribution in [1.29, 1.82) is 0 Å². The monoisotopic (exact) mass is 461 g/mol. The summed E-state index contributed by atoms with van der Waals surface area (Å²) in [6.07, 6.45) is 1.50. The van der Waals surface area contributed by atoms with Gasteiger partial charge in [0.1, 0.15) is 10.6 Å². The van der Waals surface area contributed by atoms with Crippen LogP contribution in [0.2, 0.25) is 0 Å². The second-order valence-electron chi connectivity index (χ2n) is 9.76. The van der Waals surface area contributed by atoms with E-state index in [1.807, 2.05) is 0 Å². The number of benzene rings is 1. The quantitative estimate of drug-likeness (QED) is 0.714. The number of nitrogens with one attached hydrogen (secondary N) is 1. The number of aryl methyl sites for hydroxylation is 1. The molecule has 1 aliphatic heterocycles. The molecule has 7 nitrogen and oxygen atoms in total. The fourth-order valence-corrected chi connectivity index (χ4v) is 5.36. The zero-order valence-electron chi connectivity index (χ0n) is 19.9. The predicted molar refractivity (Wildman–Crippen MR) is 125 cm³/mol. The first-order valence-electron chi connectivity index (χ1n) is 11.1. The minimum atomic E-state index is -3.66. The summed E-state index contributed by atoms with van der Waals surface area (Å²) in [6.45, 7) is 12.0. The fourth-order valence-electron chi connectivity index (χ4n) is 3.88. The van der Waals surface area contributed by atoms with Gasteiger partial charge in [0.15, 0.2) is 0 Å². The van der Waals surface area contributed by atoms with Crippen LogP contribution in [0.15, 0.2) is 41.4 Å². The Morgan fingerprint density at radius 3 is 2.22 bits per heavy atom. The standard InChI is InChI=1S/C24H35N3O4S/c1-17(2)22(18-7-9-19(10-8-18)24(3,4)5)25-23(28)21-15-20(16-26(21)6)32(29,30)27-11-13-31-14-12-27/h7-10,15-17,22H,11-14H2,1-6H3,(H,25,28). The van der Waals surface area contributed by atoms with Crippen molar-refractivity contribution in [1.82, 2.24) is 14.2 Å². The molecule has 176 valence electrons. The average Bonchev–Trinajstić information content (AvgIpc) is 3.14. The number of ether oxygens (including phenoxy) is 1. The normalized spacial score (nSPS) is 16.8. The average molecular weight is 462 g/mol. The lowest BCUT2D eigenvalue weighted by Crippen LogP contribution is -2.40. The van der Waals surface area contributed by atoms with E-state index in [0.29, 0.717) is 32.0 Å². The summed E-state index contributed by atoms with van der Waals surface area (Å²) in [5, 5.41) is 3.10. The van der Waals surface area contributed by atoms with Crippen molar-refractivity contribution in [2.75, 3.05) is 26.3 Å². The van der Waals surface area contributed by atoms with Gasteiger partial charge in [-0.1, -0.05) is 58.9 Å². The highest BCUT2D eigenvalue weighted by Gasteiger charge is 2.29. The van der Waals surface area contributed by atoms with Gasteiger partial charge < -0.3 is 14.6 Å². The fraction of sp³-hybridized carbons (Fsp3) is 0.542. The largest absolute Gasteiger partial charge is 0.379 e. The molecule has 1 amide bonds. The van der Waals surface area contributed by atoms with Crippen LogP contribution in [0.3, 0.4) is 0 Å². The van der Waals surface area contributed by atoms with E-state index in [1.54, 1.807) is 11.6 Å². The summed E-state index contributed by atoms with van der Waals surface area (Å²) in [7, 11) is -1.97. The van der Waals surface area contributed by atoms with Crippen molar-refractivity contribution in [3.8, 4) is 0 Å². The maximum Gasteiger partial charge on any atom is 0.268 e. The number of rotatable bonds is 6. The molecule has 32 heavy (non-hydrogen) atoms. The highest BCUT2D eigenvalue weighted by molar-refractivity contribution is 7.89. The molecule has 1 atom stereocenters. The minimum absolute atomic E-state index is 0.0561. The van der Waals surface area contributed by atoms with E-state index in [9.17, 15) is 13.2 Å². The molecule has 2 aromatic rings. The molecule has 1 aromatic heterocycles. The van der Waals surface area contributed by atoms with Gasteiger partial charge in [0.2, 0.25) is 10.0 Å². The van der Waals surface area contributed by atoms with Crippen molar-refractivity contribution in [2.45, 2.75) is 51.0 Å². The molecule has 0 radical (unpaired) electrons. The number of hydrogen-bond acceptors (Lipinski definition) is 4. The first-order valence-corrected chi connectivity index (χ1v) is 12.5.